The predicted octanol–water partition coefficient (Wildman–Crippen LogP) is 3.58. The zero-order chi connectivity index (χ0) is 15.5. The first kappa shape index (κ1) is 14.3. The maximum absolute atomic E-state index is 12.0. The van der Waals surface area contributed by atoms with Crippen LogP contribution in [0.25, 0.3) is 11.3 Å². The quantitative estimate of drug-likeness (QED) is 0.739. The van der Waals surface area contributed by atoms with Gasteiger partial charge in [-0.05, 0) is 31.0 Å². The van der Waals surface area contributed by atoms with Gasteiger partial charge in [0.1, 0.15) is 0 Å². The van der Waals surface area contributed by atoms with Crippen LogP contribution in [0.15, 0.2) is 65.5 Å². The average Bonchev–Trinajstić information content (AvgIpc) is 2.51. The summed E-state index contributed by atoms with van der Waals surface area (Å²) in [5.41, 5.74) is 5.25. The number of hydrogen-bond donors (Lipinski definition) is 0. The van der Waals surface area contributed by atoms with Crippen molar-refractivity contribution in [2.24, 2.45) is 0 Å². The fourth-order valence-corrected chi connectivity index (χ4v) is 2.56. The summed E-state index contributed by atoms with van der Waals surface area (Å²) in [5, 5.41) is 4.53. The van der Waals surface area contributed by atoms with Crippen molar-refractivity contribution in [1.29, 1.82) is 0 Å². The van der Waals surface area contributed by atoms with Crippen LogP contribution in [-0.2, 0) is 6.54 Å². The van der Waals surface area contributed by atoms with Crippen molar-refractivity contribution in [3.05, 3.63) is 87.7 Å². The SMILES string of the molecule is Cc1ccc(-c2ccc(=O)n(Cc3ccccc3)n2)c(C)c1. The van der Waals surface area contributed by atoms with Gasteiger partial charge in [-0.3, -0.25) is 4.79 Å². The van der Waals surface area contributed by atoms with Crippen molar-refractivity contribution in [1.82, 2.24) is 9.78 Å². The standard InChI is InChI=1S/C19H18N2O/c1-14-8-9-17(15(2)12-14)18-10-11-19(22)21(20-18)13-16-6-4-3-5-7-16/h3-12H,13H2,1-2H3. The first-order valence-corrected chi connectivity index (χ1v) is 7.33. The molecular formula is C19H18N2O. The van der Waals surface area contributed by atoms with Gasteiger partial charge in [0.15, 0.2) is 0 Å². The van der Waals surface area contributed by atoms with Gasteiger partial charge in [0.25, 0.3) is 5.56 Å². The molecule has 0 aliphatic rings. The normalized spacial score (nSPS) is 10.6. The number of benzene rings is 2. The summed E-state index contributed by atoms with van der Waals surface area (Å²) in [6.45, 7) is 4.62. The molecule has 0 N–H and O–H groups in total. The molecule has 3 heteroatoms. The first-order chi connectivity index (χ1) is 10.6. The van der Waals surface area contributed by atoms with Gasteiger partial charge in [-0.1, -0.05) is 54.1 Å². The van der Waals surface area contributed by atoms with Gasteiger partial charge in [-0.25, -0.2) is 4.68 Å². The lowest BCUT2D eigenvalue weighted by molar-refractivity contribution is 0.642. The van der Waals surface area contributed by atoms with Crippen molar-refractivity contribution in [3.8, 4) is 11.3 Å². The molecule has 0 unspecified atom stereocenters. The highest BCUT2D eigenvalue weighted by Gasteiger charge is 2.07. The Kier molecular flexibility index (Phi) is 3.88. The first-order valence-electron chi connectivity index (χ1n) is 7.33. The van der Waals surface area contributed by atoms with Crippen molar-refractivity contribution < 1.29 is 0 Å². The van der Waals surface area contributed by atoms with Crippen LogP contribution in [0.3, 0.4) is 0 Å². The maximum atomic E-state index is 12.0. The molecule has 2 aromatic carbocycles. The fraction of sp³-hybridized carbons (Fsp3) is 0.158. The van der Waals surface area contributed by atoms with Crippen LogP contribution >= 0.6 is 0 Å². The molecule has 1 aromatic heterocycles. The van der Waals surface area contributed by atoms with Gasteiger partial charge < -0.3 is 0 Å². The third-order valence-corrected chi connectivity index (χ3v) is 3.70. The summed E-state index contributed by atoms with van der Waals surface area (Å²) in [5.74, 6) is 0. The van der Waals surface area contributed by atoms with Gasteiger partial charge in [-0.2, -0.15) is 5.10 Å². The Morgan fingerprint density at radius 3 is 2.45 bits per heavy atom. The van der Waals surface area contributed by atoms with Crippen molar-refractivity contribution in [2.75, 3.05) is 0 Å². The smallest absolute Gasteiger partial charge is 0.267 e. The third kappa shape index (κ3) is 2.98. The van der Waals surface area contributed by atoms with Crippen molar-refractivity contribution >= 4 is 0 Å². The second-order valence-electron chi connectivity index (χ2n) is 5.52. The van der Waals surface area contributed by atoms with E-state index in [4.69, 9.17) is 0 Å². The fourth-order valence-electron chi connectivity index (χ4n) is 2.56. The van der Waals surface area contributed by atoms with E-state index < -0.39 is 0 Å². The Morgan fingerprint density at radius 1 is 0.955 bits per heavy atom. The average molecular weight is 290 g/mol. The van der Waals surface area contributed by atoms with Gasteiger partial charge in [0.05, 0.1) is 12.2 Å². The van der Waals surface area contributed by atoms with Gasteiger partial charge in [-0.15, -0.1) is 0 Å². The second kappa shape index (κ2) is 5.98. The summed E-state index contributed by atoms with van der Waals surface area (Å²) < 4.78 is 1.52. The lowest BCUT2D eigenvalue weighted by Crippen LogP contribution is -2.22. The zero-order valence-electron chi connectivity index (χ0n) is 12.8. The molecule has 0 amide bonds. The Hall–Kier alpha value is -2.68. The molecular weight excluding hydrogens is 272 g/mol. The molecule has 0 saturated heterocycles. The van der Waals surface area contributed by atoms with Crippen LogP contribution in [0.5, 0.6) is 0 Å². The van der Waals surface area contributed by atoms with E-state index in [-0.39, 0.29) is 5.56 Å². The highest BCUT2D eigenvalue weighted by Crippen LogP contribution is 2.21. The Balaban J connectivity index is 2.01. The molecule has 3 rings (SSSR count). The molecule has 0 fully saturated rings. The van der Waals surface area contributed by atoms with Gasteiger partial charge in [0, 0.05) is 11.6 Å². The molecule has 0 bridgehead atoms. The van der Waals surface area contributed by atoms with E-state index in [0.29, 0.717) is 6.54 Å². The van der Waals surface area contributed by atoms with E-state index in [2.05, 4.69) is 37.1 Å². The van der Waals surface area contributed by atoms with Gasteiger partial charge >= 0.3 is 0 Å². The number of nitrogens with zero attached hydrogens (tertiary/aromatic N) is 2. The minimum Gasteiger partial charge on any atom is -0.268 e. The molecule has 3 aromatic rings. The molecule has 0 spiro atoms. The lowest BCUT2D eigenvalue weighted by atomic mass is 10.0. The molecule has 0 atom stereocenters. The summed E-state index contributed by atoms with van der Waals surface area (Å²) in [6.07, 6.45) is 0. The van der Waals surface area contributed by atoms with Crippen LogP contribution in [-0.4, -0.2) is 9.78 Å². The van der Waals surface area contributed by atoms with Crippen molar-refractivity contribution in [2.45, 2.75) is 20.4 Å². The van der Waals surface area contributed by atoms with E-state index in [1.54, 1.807) is 12.1 Å². The number of rotatable bonds is 3. The number of aryl methyl sites for hydroxylation is 2. The molecule has 0 aliphatic heterocycles. The van der Waals surface area contributed by atoms with E-state index >= 15 is 0 Å². The number of hydrogen-bond acceptors (Lipinski definition) is 2. The highest BCUT2D eigenvalue weighted by molar-refractivity contribution is 5.63. The van der Waals surface area contributed by atoms with Crippen LogP contribution in [0, 0.1) is 13.8 Å². The molecule has 0 radical (unpaired) electrons. The monoisotopic (exact) mass is 290 g/mol. The molecule has 0 saturated carbocycles. The van der Waals surface area contributed by atoms with Crippen LogP contribution < -0.4 is 5.56 Å². The summed E-state index contributed by atoms with van der Waals surface area (Å²) in [6, 6.07) is 19.5. The van der Waals surface area contributed by atoms with E-state index in [1.165, 1.54) is 10.2 Å². The van der Waals surface area contributed by atoms with E-state index in [9.17, 15) is 4.79 Å². The molecule has 1 heterocycles. The largest absolute Gasteiger partial charge is 0.268 e. The maximum Gasteiger partial charge on any atom is 0.267 e. The Bertz CT molecular complexity index is 851. The highest BCUT2D eigenvalue weighted by atomic mass is 16.1. The molecule has 0 aliphatic carbocycles. The lowest BCUT2D eigenvalue weighted by Gasteiger charge is -2.09. The van der Waals surface area contributed by atoms with E-state index in [0.717, 1.165) is 22.4 Å². The van der Waals surface area contributed by atoms with Crippen LogP contribution in [0.4, 0.5) is 0 Å². The Labute approximate surface area is 129 Å². The molecule has 3 nitrogen and oxygen atoms in total. The second-order valence-corrected chi connectivity index (χ2v) is 5.52. The summed E-state index contributed by atoms with van der Waals surface area (Å²) in [4.78, 5) is 12.0. The topological polar surface area (TPSA) is 34.9 Å². The third-order valence-electron chi connectivity index (χ3n) is 3.70. The Morgan fingerprint density at radius 2 is 1.73 bits per heavy atom. The molecule has 22 heavy (non-hydrogen) atoms. The molecule has 110 valence electrons. The van der Waals surface area contributed by atoms with Crippen LogP contribution in [0.1, 0.15) is 16.7 Å². The number of aromatic nitrogens is 2. The zero-order valence-corrected chi connectivity index (χ0v) is 12.8. The summed E-state index contributed by atoms with van der Waals surface area (Å²) in [7, 11) is 0. The van der Waals surface area contributed by atoms with Gasteiger partial charge in [0.2, 0.25) is 0 Å². The summed E-state index contributed by atoms with van der Waals surface area (Å²) >= 11 is 0. The van der Waals surface area contributed by atoms with Crippen LogP contribution in [0.2, 0.25) is 0 Å². The van der Waals surface area contributed by atoms with Crippen molar-refractivity contribution in [3.63, 3.8) is 0 Å². The predicted molar refractivity (Wildman–Crippen MR) is 89.0 cm³/mol. The minimum absolute atomic E-state index is 0.0858. The minimum atomic E-state index is -0.0858. The van der Waals surface area contributed by atoms with E-state index in [1.807, 2.05) is 30.3 Å².